The molecule has 1 aromatic heterocycles. The van der Waals surface area contributed by atoms with E-state index in [0.717, 1.165) is 10.2 Å². The van der Waals surface area contributed by atoms with Gasteiger partial charge in [-0.25, -0.2) is 8.42 Å². The second kappa shape index (κ2) is 11.7. The van der Waals surface area contributed by atoms with E-state index in [9.17, 15) is 18.0 Å². The highest BCUT2D eigenvalue weighted by atomic mass is 32.2. The third kappa shape index (κ3) is 5.85. The molecule has 4 aromatic rings. The molecule has 1 N–H and O–H groups in total. The number of fused-ring (bicyclic) bond motifs is 1. The van der Waals surface area contributed by atoms with Gasteiger partial charge in [0.05, 0.1) is 27.4 Å². The number of benzene rings is 3. The summed E-state index contributed by atoms with van der Waals surface area (Å²) in [6, 6.07) is 20.1. The first-order valence-electron chi connectivity index (χ1n) is 11.9. The summed E-state index contributed by atoms with van der Waals surface area (Å²) < 4.78 is 35.8. The van der Waals surface area contributed by atoms with Crippen molar-refractivity contribution in [2.45, 2.75) is 25.3 Å². The van der Waals surface area contributed by atoms with Gasteiger partial charge in [0.1, 0.15) is 0 Å². The molecule has 0 saturated carbocycles. The number of anilines is 2. The van der Waals surface area contributed by atoms with Crippen molar-refractivity contribution in [3.05, 3.63) is 83.2 Å². The van der Waals surface area contributed by atoms with Crippen molar-refractivity contribution in [3.63, 3.8) is 0 Å². The van der Waals surface area contributed by atoms with Gasteiger partial charge in [-0.2, -0.15) is 4.99 Å². The second-order valence-corrected chi connectivity index (χ2v) is 11.2. The first-order valence-corrected chi connectivity index (χ1v) is 14.2. The number of para-hydroxylation sites is 1. The maximum atomic E-state index is 13.3. The van der Waals surface area contributed by atoms with Crippen LogP contribution < -0.4 is 14.4 Å². The van der Waals surface area contributed by atoms with E-state index >= 15 is 0 Å². The van der Waals surface area contributed by atoms with Gasteiger partial charge in [0.15, 0.2) is 4.80 Å². The van der Waals surface area contributed by atoms with Crippen LogP contribution >= 0.6 is 11.3 Å². The van der Waals surface area contributed by atoms with E-state index < -0.39 is 15.9 Å². The Balaban J connectivity index is 1.67. The Labute approximate surface area is 225 Å². The maximum Gasteiger partial charge on any atom is 0.279 e. The molecule has 11 heteroatoms. The summed E-state index contributed by atoms with van der Waals surface area (Å²) in [7, 11) is -2.21. The average Bonchev–Trinajstić information content (AvgIpc) is 3.23. The number of hydrogen-bond donors (Lipinski definition) is 1. The van der Waals surface area contributed by atoms with E-state index in [1.54, 1.807) is 44.4 Å². The average molecular weight is 553 g/mol. The Bertz CT molecular complexity index is 1630. The third-order valence-corrected chi connectivity index (χ3v) is 8.70. The summed E-state index contributed by atoms with van der Waals surface area (Å²) in [5, 5.41) is 2.76. The molecular formula is C27H28N4O5S2. The van der Waals surface area contributed by atoms with Gasteiger partial charge >= 0.3 is 0 Å². The molecule has 0 radical (unpaired) electrons. The van der Waals surface area contributed by atoms with Crippen molar-refractivity contribution in [2.24, 2.45) is 4.99 Å². The molecule has 38 heavy (non-hydrogen) atoms. The number of sulfonamides is 1. The molecule has 0 spiro atoms. The van der Waals surface area contributed by atoms with Crippen LogP contribution in [0.15, 0.2) is 82.7 Å². The molecule has 2 amide bonds. The molecule has 9 nitrogen and oxygen atoms in total. The van der Waals surface area contributed by atoms with Crippen molar-refractivity contribution in [1.82, 2.24) is 4.57 Å². The van der Waals surface area contributed by atoms with Gasteiger partial charge in [-0.3, -0.25) is 13.9 Å². The van der Waals surface area contributed by atoms with Crippen LogP contribution in [0.2, 0.25) is 0 Å². The number of amides is 2. The first-order chi connectivity index (χ1) is 18.2. The summed E-state index contributed by atoms with van der Waals surface area (Å²) in [6.07, 6.45) is 0. The Morgan fingerprint density at radius 3 is 2.39 bits per heavy atom. The van der Waals surface area contributed by atoms with Gasteiger partial charge in [-0.1, -0.05) is 29.5 Å². The molecule has 4 rings (SSSR count). The predicted molar refractivity (Wildman–Crippen MR) is 149 cm³/mol. The van der Waals surface area contributed by atoms with E-state index in [-0.39, 0.29) is 22.9 Å². The predicted octanol–water partition coefficient (Wildman–Crippen LogP) is 4.26. The SMILES string of the molecule is CCN(c1ccccc1)S(=O)(=O)c1ccc(C(=O)N=c2sc3cc(NC(C)=O)ccc3n2CCOC)cc1. The minimum Gasteiger partial charge on any atom is -0.383 e. The number of carbonyl (C=O) groups is 2. The lowest BCUT2D eigenvalue weighted by atomic mass is 10.2. The lowest BCUT2D eigenvalue weighted by Crippen LogP contribution is -2.30. The fourth-order valence-electron chi connectivity index (χ4n) is 3.97. The summed E-state index contributed by atoms with van der Waals surface area (Å²) in [5.74, 6) is -0.672. The number of methoxy groups -OCH3 is 1. The molecule has 0 aliphatic heterocycles. The lowest BCUT2D eigenvalue weighted by Gasteiger charge is -2.22. The highest BCUT2D eigenvalue weighted by Crippen LogP contribution is 2.24. The molecule has 1 heterocycles. The van der Waals surface area contributed by atoms with Crippen LogP contribution in [0.25, 0.3) is 10.2 Å². The van der Waals surface area contributed by atoms with Gasteiger partial charge < -0.3 is 14.6 Å². The van der Waals surface area contributed by atoms with Crippen molar-refractivity contribution in [3.8, 4) is 0 Å². The van der Waals surface area contributed by atoms with Crippen molar-refractivity contribution < 1.29 is 22.7 Å². The number of carbonyl (C=O) groups excluding carboxylic acids is 2. The zero-order valence-electron chi connectivity index (χ0n) is 21.2. The van der Waals surface area contributed by atoms with E-state index in [2.05, 4.69) is 10.3 Å². The normalized spacial score (nSPS) is 12.0. The summed E-state index contributed by atoms with van der Waals surface area (Å²) in [6.45, 7) is 4.37. The van der Waals surface area contributed by atoms with Gasteiger partial charge in [0.25, 0.3) is 15.9 Å². The fourth-order valence-corrected chi connectivity index (χ4v) is 6.54. The van der Waals surface area contributed by atoms with E-state index in [0.29, 0.717) is 29.3 Å². The van der Waals surface area contributed by atoms with E-state index in [1.165, 1.54) is 46.8 Å². The Hall–Kier alpha value is -3.80. The maximum absolute atomic E-state index is 13.3. The first kappa shape index (κ1) is 27.2. The number of rotatable bonds is 9. The van der Waals surface area contributed by atoms with Gasteiger partial charge in [0.2, 0.25) is 5.91 Å². The summed E-state index contributed by atoms with van der Waals surface area (Å²) in [5.41, 5.74) is 2.34. The molecule has 198 valence electrons. The third-order valence-electron chi connectivity index (χ3n) is 5.74. The molecule has 0 aliphatic carbocycles. The highest BCUT2D eigenvalue weighted by molar-refractivity contribution is 7.92. The minimum absolute atomic E-state index is 0.0854. The van der Waals surface area contributed by atoms with Crippen molar-refractivity contribution in [2.75, 3.05) is 29.9 Å². The Morgan fingerprint density at radius 1 is 1.05 bits per heavy atom. The van der Waals surface area contributed by atoms with Gasteiger partial charge in [-0.15, -0.1) is 0 Å². The lowest BCUT2D eigenvalue weighted by molar-refractivity contribution is -0.114. The monoisotopic (exact) mass is 552 g/mol. The number of nitrogens with zero attached hydrogens (tertiary/aromatic N) is 3. The highest BCUT2D eigenvalue weighted by Gasteiger charge is 2.23. The number of aromatic nitrogens is 1. The standard InChI is InChI=1S/C27H28N4O5S2/c1-4-31(22-8-6-5-7-9-22)38(34,35)23-13-10-20(11-14-23)26(33)29-27-30(16-17-36-3)24-15-12-21(28-19(2)32)18-25(24)37-27/h5-15,18H,4,16-17H2,1-3H3,(H,28,32). The largest absolute Gasteiger partial charge is 0.383 e. The van der Waals surface area contributed by atoms with Crippen LogP contribution in [0, 0.1) is 0 Å². The quantitative estimate of drug-likeness (QED) is 0.334. The van der Waals surface area contributed by atoms with Crippen LogP contribution in [-0.4, -0.2) is 45.1 Å². The molecular weight excluding hydrogens is 524 g/mol. The summed E-state index contributed by atoms with van der Waals surface area (Å²) in [4.78, 5) is 29.4. The number of ether oxygens (including phenoxy) is 1. The molecule has 0 aliphatic rings. The number of nitrogens with one attached hydrogen (secondary N) is 1. The fraction of sp³-hybridized carbons (Fsp3) is 0.222. The van der Waals surface area contributed by atoms with Gasteiger partial charge in [-0.05, 0) is 61.5 Å². The number of hydrogen-bond acceptors (Lipinski definition) is 6. The zero-order chi connectivity index (χ0) is 27.3. The van der Waals surface area contributed by atoms with Crippen LogP contribution in [0.1, 0.15) is 24.2 Å². The van der Waals surface area contributed by atoms with Crippen LogP contribution in [-0.2, 0) is 26.1 Å². The van der Waals surface area contributed by atoms with Crippen molar-refractivity contribution in [1.29, 1.82) is 0 Å². The summed E-state index contributed by atoms with van der Waals surface area (Å²) >= 11 is 1.32. The molecule has 3 aromatic carbocycles. The minimum atomic E-state index is -3.81. The van der Waals surface area contributed by atoms with E-state index in [4.69, 9.17) is 4.74 Å². The van der Waals surface area contributed by atoms with Crippen molar-refractivity contribution >= 4 is 54.8 Å². The number of thiazole rings is 1. The van der Waals surface area contributed by atoms with E-state index in [1.807, 2.05) is 22.8 Å². The zero-order valence-corrected chi connectivity index (χ0v) is 22.9. The second-order valence-electron chi connectivity index (χ2n) is 8.34. The van der Waals surface area contributed by atoms with Gasteiger partial charge in [0, 0.05) is 38.4 Å². The smallest absolute Gasteiger partial charge is 0.279 e. The molecule has 0 bridgehead atoms. The topological polar surface area (TPSA) is 110 Å². The molecule has 0 saturated heterocycles. The molecule has 0 atom stereocenters. The Kier molecular flexibility index (Phi) is 8.40. The molecule has 0 fully saturated rings. The molecule has 0 unspecified atom stereocenters. The van der Waals surface area contributed by atoms with Crippen LogP contribution in [0.4, 0.5) is 11.4 Å². The van der Waals surface area contributed by atoms with Crippen LogP contribution in [0.5, 0.6) is 0 Å². The Morgan fingerprint density at radius 2 is 1.76 bits per heavy atom. The van der Waals surface area contributed by atoms with Crippen LogP contribution in [0.3, 0.4) is 0 Å².